The summed E-state index contributed by atoms with van der Waals surface area (Å²) in [4.78, 5) is 2.15. The third kappa shape index (κ3) is 3.06. The Balaban J connectivity index is 2.00. The van der Waals surface area contributed by atoms with Gasteiger partial charge in [-0.1, -0.05) is 30.3 Å². The second kappa shape index (κ2) is 5.63. The van der Waals surface area contributed by atoms with E-state index in [4.69, 9.17) is 0 Å². The van der Waals surface area contributed by atoms with Crippen LogP contribution in [0.25, 0.3) is 0 Å². The van der Waals surface area contributed by atoms with Crippen molar-refractivity contribution >= 4 is 0 Å². The molecule has 1 aliphatic rings. The average molecular weight is 235 g/mol. The summed E-state index contributed by atoms with van der Waals surface area (Å²) in [6, 6.07) is 9.73. The molecule has 17 heavy (non-hydrogen) atoms. The van der Waals surface area contributed by atoms with Gasteiger partial charge in [0.2, 0.25) is 0 Å². The number of aliphatic hydroxyl groups is 2. The van der Waals surface area contributed by atoms with Crippen LogP contribution in [0.4, 0.5) is 0 Å². The molecule has 3 heteroatoms. The summed E-state index contributed by atoms with van der Waals surface area (Å²) in [5.74, 6) is 0. The first kappa shape index (κ1) is 12.6. The first-order chi connectivity index (χ1) is 8.18. The molecule has 3 nitrogen and oxygen atoms in total. The highest BCUT2D eigenvalue weighted by molar-refractivity contribution is 5.17. The quantitative estimate of drug-likeness (QED) is 0.835. The Bertz CT molecular complexity index is 331. The Kier molecular flexibility index (Phi) is 4.15. The van der Waals surface area contributed by atoms with Crippen LogP contribution in [-0.2, 0) is 0 Å². The molecule has 0 aromatic heterocycles. The molecule has 3 atom stereocenters. The van der Waals surface area contributed by atoms with Gasteiger partial charge in [0.1, 0.15) is 0 Å². The van der Waals surface area contributed by atoms with E-state index in [1.54, 1.807) is 0 Å². The lowest BCUT2D eigenvalue weighted by Gasteiger charge is -2.37. The van der Waals surface area contributed by atoms with Crippen LogP contribution in [0.2, 0.25) is 0 Å². The molecule has 94 valence electrons. The Hall–Kier alpha value is -0.900. The second-order valence-electron chi connectivity index (χ2n) is 4.92. The number of piperidine rings is 1. The van der Waals surface area contributed by atoms with Crippen LogP contribution >= 0.6 is 0 Å². The standard InChI is InChI=1S/C14H21NO2/c1-15-9-5-8-13(16)12(15)10-14(17)11-6-3-2-4-7-11/h2-4,6-7,12-14,16-17H,5,8-10H2,1H3. The molecule has 0 bridgehead atoms. The molecule has 1 fully saturated rings. The average Bonchev–Trinajstić information content (AvgIpc) is 2.35. The molecule has 1 aromatic rings. The van der Waals surface area contributed by atoms with E-state index in [0.717, 1.165) is 24.9 Å². The molecule has 1 aliphatic heterocycles. The minimum atomic E-state index is -0.489. The van der Waals surface area contributed by atoms with Gasteiger partial charge in [0, 0.05) is 6.04 Å². The molecule has 2 N–H and O–H groups in total. The Morgan fingerprint density at radius 2 is 2.06 bits per heavy atom. The van der Waals surface area contributed by atoms with Crippen molar-refractivity contribution < 1.29 is 10.2 Å². The van der Waals surface area contributed by atoms with Crippen LogP contribution in [0, 0.1) is 0 Å². The summed E-state index contributed by atoms with van der Waals surface area (Å²) in [7, 11) is 2.02. The summed E-state index contributed by atoms with van der Waals surface area (Å²) in [5, 5.41) is 20.2. The van der Waals surface area contributed by atoms with E-state index < -0.39 is 6.10 Å². The van der Waals surface area contributed by atoms with Crippen LogP contribution < -0.4 is 0 Å². The molecule has 1 aromatic carbocycles. The van der Waals surface area contributed by atoms with E-state index in [0.29, 0.717) is 6.42 Å². The molecule has 3 unspecified atom stereocenters. The Morgan fingerprint density at radius 1 is 1.35 bits per heavy atom. The van der Waals surface area contributed by atoms with Crippen molar-refractivity contribution in [3.8, 4) is 0 Å². The van der Waals surface area contributed by atoms with E-state index >= 15 is 0 Å². The zero-order valence-electron chi connectivity index (χ0n) is 10.3. The van der Waals surface area contributed by atoms with Crippen LogP contribution in [-0.4, -0.2) is 40.9 Å². The molecular weight excluding hydrogens is 214 g/mol. The molecule has 0 radical (unpaired) electrons. The fraction of sp³-hybridized carbons (Fsp3) is 0.571. The van der Waals surface area contributed by atoms with E-state index in [2.05, 4.69) is 4.90 Å². The first-order valence-corrected chi connectivity index (χ1v) is 6.30. The van der Waals surface area contributed by atoms with Crippen LogP contribution in [0.1, 0.15) is 30.9 Å². The minimum absolute atomic E-state index is 0.0685. The van der Waals surface area contributed by atoms with E-state index in [1.807, 2.05) is 37.4 Å². The van der Waals surface area contributed by atoms with Crippen molar-refractivity contribution in [2.24, 2.45) is 0 Å². The van der Waals surface area contributed by atoms with E-state index in [-0.39, 0.29) is 12.1 Å². The van der Waals surface area contributed by atoms with Crippen molar-refractivity contribution in [2.75, 3.05) is 13.6 Å². The second-order valence-corrected chi connectivity index (χ2v) is 4.92. The largest absolute Gasteiger partial charge is 0.391 e. The number of nitrogens with zero attached hydrogens (tertiary/aromatic N) is 1. The SMILES string of the molecule is CN1CCCC(O)C1CC(O)c1ccccc1. The summed E-state index contributed by atoms with van der Waals surface area (Å²) in [6.07, 6.45) is 1.68. The van der Waals surface area contributed by atoms with Gasteiger partial charge in [-0.2, -0.15) is 0 Å². The van der Waals surface area contributed by atoms with Crippen molar-refractivity contribution in [2.45, 2.75) is 37.5 Å². The predicted molar refractivity (Wildman–Crippen MR) is 67.7 cm³/mol. The smallest absolute Gasteiger partial charge is 0.0806 e. The number of benzene rings is 1. The zero-order chi connectivity index (χ0) is 12.3. The number of hydrogen-bond donors (Lipinski definition) is 2. The maximum atomic E-state index is 10.2. The van der Waals surface area contributed by atoms with Gasteiger partial charge in [-0.3, -0.25) is 0 Å². The zero-order valence-corrected chi connectivity index (χ0v) is 10.3. The monoisotopic (exact) mass is 235 g/mol. The summed E-state index contributed by atoms with van der Waals surface area (Å²) in [6.45, 7) is 1.00. The van der Waals surface area contributed by atoms with Crippen LogP contribution in [0.15, 0.2) is 30.3 Å². The minimum Gasteiger partial charge on any atom is -0.391 e. The van der Waals surface area contributed by atoms with Crippen LogP contribution in [0.5, 0.6) is 0 Å². The number of aliphatic hydroxyl groups excluding tert-OH is 2. The van der Waals surface area contributed by atoms with Gasteiger partial charge < -0.3 is 15.1 Å². The topological polar surface area (TPSA) is 43.7 Å². The number of likely N-dealkylation sites (tertiary alicyclic amines) is 1. The third-order valence-electron chi connectivity index (χ3n) is 3.67. The highest BCUT2D eigenvalue weighted by Gasteiger charge is 2.29. The van der Waals surface area contributed by atoms with Crippen molar-refractivity contribution in [1.82, 2.24) is 4.90 Å². The summed E-state index contributed by atoms with van der Waals surface area (Å²) in [5.41, 5.74) is 0.929. The van der Waals surface area contributed by atoms with Crippen molar-refractivity contribution in [3.05, 3.63) is 35.9 Å². The molecule has 0 saturated carbocycles. The maximum absolute atomic E-state index is 10.2. The van der Waals surface area contributed by atoms with Gasteiger partial charge in [-0.25, -0.2) is 0 Å². The van der Waals surface area contributed by atoms with Gasteiger partial charge in [0.05, 0.1) is 12.2 Å². The summed E-state index contributed by atoms with van der Waals surface area (Å²) >= 11 is 0. The van der Waals surface area contributed by atoms with E-state index in [1.165, 1.54) is 0 Å². The molecular formula is C14H21NO2. The van der Waals surface area contributed by atoms with Gasteiger partial charge in [0.25, 0.3) is 0 Å². The van der Waals surface area contributed by atoms with Crippen molar-refractivity contribution in [1.29, 1.82) is 0 Å². The fourth-order valence-electron chi connectivity index (χ4n) is 2.58. The molecule has 0 amide bonds. The van der Waals surface area contributed by atoms with Gasteiger partial charge in [-0.15, -0.1) is 0 Å². The van der Waals surface area contributed by atoms with Gasteiger partial charge in [-0.05, 0) is 38.4 Å². The number of rotatable bonds is 3. The Labute approximate surface area is 103 Å². The Morgan fingerprint density at radius 3 is 2.71 bits per heavy atom. The van der Waals surface area contributed by atoms with E-state index in [9.17, 15) is 10.2 Å². The predicted octanol–water partition coefficient (Wildman–Crippen LogP) is 1.57. The molecule has 1 heterocycles. The van der Waals surface area contributed by atoms with Gasteiger partial charge >= 0.3 is 0 Å². The molecule has 0 aliphatic carbocycles. The lowest BCUT2D eigenvalue weighted by atomic mass is 9.92. The normalized spacial score (nSPS) is 27.9. The highest BCUT2D eigenvalue weighted by Crippen LogP contribution is 2.25. The summed E-state index contributed by atoms with van der Waals surface area (Å²) < 4.78 is 0. The number of likely N-dealkylation sites (N-methyl/N-ethyl adjacent to an activating group) is 1. The van der Waals surface area contributed by atoms with Crippen molar-refractivity contribution in [3.63, 3.8) is 0 Å². The fourth-order valence-corrected chi connectivity index (χ4v) is 2.58. The highest BCUT2D eigenvalue weighted by atomic mass is 16.3. The maximum Gasteiger partial charge on any atom is 0.0806 e. The van der Waals surface area contributed by atoms with Crippen LogP contribution in [0.3, 0.4) is 0 Å². The molecule has 2 rings (SSSR count). The molecule has 0 spiro atoms. The number of hydrogen-bond acceptors (Lipinski definition) is 3. The lowest BCUT2D eigenvalue weighted by Crippen LogP contribution is -2.46. The first-order valence-electron chi connectivity index (χ1n) is 6.30. The van der Waals surface area contributed by atoms with Gasteiger partial charge in [0.15, 0.2) is 0 Å². The molecule has 1 saturated heterocycles. The third-order valence-corrected chi connectivity index (χ3v) is 3.67. The lowest BCUT2D eigenvalue weighted by molar-refractivity contribution is -0.00261.